The zero-order valence-corrected chi connectivity index (χ0v) is 18.7. The van der Waals surface area contributed by atoms with Crippen LogP contribution in [0.3, 0.4) is 0 Å². The number of amides is 1. The number of sulfonamides is 1. The molecule has 33 heavy (non-hydrogen) atoms. The van der Waals surface area contributed by atoms with Gasteiger partial charge in [-0.25, -0.2) is 17.2 Å². The van der Waals surface area contributed by atoms with Gasteiger partial charge in [-0.1, -0.05) is 29.3 Å². The van der Waals surface area contributed by atoms with Crippen LogP contribution < -0.4 is 9.62 Å². The van der Waals surface area contributed by atoms with Crippen LogP contribution in [0.2, 0.25) is 10.0 Å². The number of hydrogen-bond acceptors (Lipinski definition) is 5. The number of rotatable bonds is 7. The Morgan fingerprint density at radius 3 is 2.21 bits per heavy atom. The first-order valence-electron chi connectivity index (χ1n) is 8.97. The SMILES string of the molecule is O=C(CN(c1ccc(Cl)cc1)S(=O)(=O)c1cc([N+](=O)[O-])ccc1Cl)Nc1c(F)cccc1F. The molecule has 0 unspecified atom stereocenters. The largest absolute Gasteiger partial charge is 0.320 e. The third kappa shape index (κ3) is 5.38. The fourth-order valence-electron chi connectivity index (χ4n) is 2.77. The highest BCUT2D eigenvalue weighted by Gasteiger charge is 2.31. The number of nitro groups is 1. The molecule has 3 aromatic carbocycles. The Hall–Kier alpha value is -3.28. The van der Waals surface area contributed by atoms with Crippen LogP contribution in [-0.2, 0) is 14.8 Å². The van der Waals surface area contributed by atoms with Crippen molar-refractivity contribution in [3.05, 3.63) is 92.5 Å². The van der Waals surface area contributed by atoms with Gasteiger partial charge in [0.05, 0.1) is 15.6 Å². The summed E-state index contributed by atoms with van der Waals surface area (Å²) in [6.45, 7) is -0.934. The molecule has 0 spiro atoms. The van der Waals surface area contributed by atoms with Gasteiger partial charge in [-0.05, 0) is 42.5 Å². The summed E-state index contributed by atoms with van der Waals surface area (Å²) < 4.78 is 55.2. The number of benzene rings is 3. The molecular weight excluding hydrogens is 503 g/mol. The van der Waals surface area contributed by atoms with Crippen LogP contribution in [0.5, 0.6) is 0 Å². The summed E-state index contributed by atoms with van der Waals surface area (Å²) in [6.07, 6.45) is 0. The number of nitro benzene ring substituents is 1. The van der Waals surface area contributed by atoms with E-state index >= 15 is 0 Å². The van der Waals surface area contributed by atoms with E-state index in [9.17, 15) is 32.1 Å². The lowest BCUT2D eigenvalue weighted by atomic mass is 10.3. The van der Waals surface area contributed by atoms with Gasteiger partial charge in [0.15, 0.2) is 0 Å². The van der Waals surface area contributed by atoms with Crippen molar-refractivity contribution in [1.82, 2.24) is 0 Å². The Morgan fingerprint density at radius 1 is 1.03 bits per heavy atom. The van der Waals surface area contributed by atoms with E-state index in [4.69, 9.17) is 23.2 Å². The molecule has 3 rings (SSSR count). The van der Waals surface area contributed by atoms with E-state index in [1.54, 1.807) is 0 Å². The summed E-state index contributed by atoms with van der Waals surface area (Å²) >= 11 is 11.9. The van der Waals surface area contributed by atoms with Crippen LogP contribution in [0.15, 0.2) is 65.6 Å². The second-order valence-electron chi connectivity index (χ2n) is 6.50. The average molecular weight is 516 g/mol. The normalized spacial score (nSPS) is 11.2. The number of hydrogen-bond donors (Lipinski definition) is 1. The molecule has 0 aliphatic heterocycles. The van der Waals surface area contributed by atoms with E-state index in [1.165, 1.54) is 24.3 Å². The number of non-ortho nitro benzene ring substituents is 1. The van der Waals surface area contributed by atoms with Crippen molar-refractivity contribution in [3.63, 3.8) is 0 Å². The number of nitrogens with zero attached hydrogens (tertiary/aromatic N) is 2. The van der Waals surface area contributed by atoms with Gasteiger partial charge in [0.2, 0.25) is 5.91 Å². The van der Waals surface area contributed by atoms with Gasteiger partial charge in [0.1, 0.15) is 28.8 Å². The Labute approximate surface area is 196 Å². The number of carbonyl (C=O) groups excluding carboxylic acids is 1. The Balaban J connectivity index is 2.05. The number of nitrogens with one attached hydrogen (secondary N) is 1. The van der Waals surface area contributed by atoms with E-state index < -0.39 is 55.3 Å². The molecule has 0 bridgehead atoms. The minimum Gasteiger partial charge on any atom is -0.320 e. The highest BCUT2D eigenvalue weighted by atomic mass is 35.5. The Kier molecular flexibility index (Phi) is 7.15. The maximum atomic E-state index is 13.9. The molecule has 0 saturated heterocycles. The Bertz CT molecular complexity index is 1320. The zero-order valence-electron chi connectivity index (χ0n) is 16.3. The van der Waals surface area contributed by atoms with Crippen LogP contribution in [0, 0.1) is 21.7 Å². The standard InChI is InChI=1S/C20H13Cl2F2N3O5S/c21-12-4-6-13(7-5-12)26(11-19(28)25-20-16(23)2-1-3-17(20)24)33(31,32)18-10-14(27(29)30)8-9-15(18)22/h1-10H,11H2,(H,25,28). The van der Waals surface area contributed by atoms with Crippen molar-refractivity contribution in [1.29, 1.82) is 0 Å². The molecule has 8 nitrogen and oxygen atoms in total. The van der Waals surface area contributed by atoms with Crippen molar-refractivity contribution in [2.45, 2.75) is 4.90 Å². The first-order valence-corrected chi connectivity index (χ1v) is 11.2. The second kappa shape index (κ2) is 9.69. The summed E-state index contributed by atoms with van der Waals surface area (Å²) in [5.74, 6) is -3.21. The van der Waals surface area contributed by atoms with Crippen LogP contribution >= 0.6 is 23.2 Å². The van der Waals surface area contributed by atoms with Gasteiger partial charge < -0.3 is 5.32 Å². The predicted octanol–water partition coefficient (Wildman–Crippen LogP) is 5.01. The van der Waals surface area contributed by atoms with Crippen molar-refractivity contribution in [3.8, 4) is 0 Å². The molecular formula is C20H13Cl2F2N3O5S. The third-order valence-electron chi connectivity index (χ3n) is 4.32. The topological polar surface area (TPSA) is 110 Å². The maximum Gasteiger partial charge on any atom is 0.270 e. The molecule has 0 saturated carbocycles. The molecule has 13 heteroatoms. The van der Waals surface area contributed by atoms with E-state index in [0.29, 0.717) is 4.31 Å². The highest BCUT2D eigenvalue weighted by molar-refractivity contribution is 7.93. The molecule has 1 N–H and O–H groups in total. The number of anilines is 2. The van der Waals surface area contributed by atoms with E-state index in [2.05, 4.69) is 0 Å². The lowest BCUT2D eigenvalue weighted by molar-refractivity contribution is -0.385. The van der Waals surface area contributed by atoms with Gasteiger partial charge in [-0.3, -0.25) is 19.2 Å². The lowest BCUT2D eigenvalue weighted by Crippen LogP contribution is -2.38. The van der Waals surface area contributed by atoms with Crippen molar-refractivity contribution in [2.24, 2.45) is 0 Å². The van der Waals surface area contributed by atoms with Crippen molar-refractivity contribution < 1.29 is 26.9 Å². The van der Waals surface area contributed by atoms with Gasteiger partial charge in [-0.15, -0.1) is 0 Å². The van der Waals surface area contributed by atoms with Gasteiger partial charge in [0, 0.05) is 17.2 Å². The van der Waals surface area contributed by atoms with Crippen LogP contribution in [-0.4, -0.2) is 25.8 Å². The number of para-hydroxylation sites is 1. The number of halogens is 4. The summed E-state index contributed by atoms with van der Waals surface area (Å²) in [7, 11) is -4.66. The first-order chi connectivity index (χ1) is 15.5. The van der Waals surface area contributed by atoms with Gasteiger partial charge >= 0.3 is 0 Å². The van der Waals surface area contributed by atoms with Crippen LogP contribution in [0.4, 0.5) is 25.8 Å². The van der Waals surface area contributed by atoms with E-state index in [-0.39, 0.29) is 15.7 Å². The smallest absolute Gasteiger partial charge is 0.270 e. The molecule has 0 radical (unpaired) electrons. The van der Waals surface area contributed by atoms with Crippen molar-refractivity contribution in [2.75, 3.05) is 16.2 Å². The van der Waals surface area contributed by atoms with E-state index in [1.807, 2.05) is 5.32 Å². The maximum absolute atomic E-state index is 13.9. The summed E-state index contributed by atoms with van der Waals surface area (Å²) in [5.41, 5.74) is -1.36. The lowest BCUT2D eigenvalue weighted by Gasteiger charge is -2.24. The molecule has 0 aliphatic rings. The molecule has 1 amide bonds. The predicted molar refractivity (Wildman–Crippen MR) is 119 cm³/mol. The van der Waals surface area contributed by atoms with Crippen LogP contribution in [0.1, 0.15) is 0 Å². The van der Waals surface area contributed by atoms with Gasteiger partial charge in [0.25, 0.3) is 15.7 Å². The highest BCUT2D eigenvalue weighted by Crippen LogP contribution is 2.32. The minimum absolute atomic E-state index is 0.0499. The monoisotopic (exact) mass is 515 g/mol. The second-order valence-corrected chi connectivity index (χ2v) is 9.18. The molecule has 0 aromatic heterocycles. The molecule has 0 aliphatic carbocycles. The van der Waals surface area contributed by atoms with E-state index in [0.717, 1.165) is 36.4 Å². The summed E-state index contributed by atoms with van der Waals surface area (Å²) in [4.78, 5) is 22.3. The average Bonchev–Trinajstić information content (AvgIpc) is 2.75. The fraction of sp³-hybridized carbons (Fsp3) is 0.0500. The quantitative estimate of drug-likeness (QED) is 0.351. The fourth-order valence-corrected chi connectivity index (χ4v) is 4.82. The number of carbonyl (C=O) groups is 1. The summed E-state index contributed by atoms with van der Waals surface area (Å²) in [6, 6.07) is 11.0. The first kappa shape index (κ1) is 24.4. The summed E-state index contributed by atoms with van der Waals surface area (Å²) in [5, 5.41) is 13.0. The zero-order chi connectivity index (χ0) is 24.3. The minimum atomic E-state index is -4.66. The Morgan fingerprint density at radius 2 is 1.64 bits per heavy atom. The molecule has 0 fully saturated rings. The third-order valence-corrected chi connectivity index (χ3v) is 6.83. The molecule has 0 atom stereocenters. The van der Waals surface area contributed by atoms with Crippen molar-refractivity contribution >= 4 is 56.2 Å². The molecule has 172 valence electrons. The molecule has 0 heterocycles. The van der Waals surface area contributed by atoms with Gasteiger partial charge in [-0.2, -0.15) is 0 Å². The molecule has 3 aromatic rings. The van der Waals surface area contributed by atoms with Crippen LogP contribution in [0.25, 0.3) is 0 Å².